The van der Waals surface area contributed by atoms with Crippen molar-refractivity contribution in [2.45, 2.75) is 66.2 Å². The van der Waals surface area contributed by atoms with Crippen LogP contribution >= 0.6 is 0 Å². The molecule has 2 aromatic rings. The second-order valence-corrected chi connectivity index (χ2v) is 7.14. The number of rotatable bonds is 10. The van der Waals surface area contributed by atoms with Gasteiger partial charge in [-0.05, 0) is 43.5 Å². The second kappa shape index (κ2) is 13.2. The van der Waals surface area contributed by atoms with Crippen molar-refractivity contribution >= 4 is 16.7 Å². The van der Waals surface area contributed by atoms with Crippen LogP contribution in [0, 0.1) is 0 Å². The summed E-state index contributed by atoms with van der Waals surface area (Å²) in [6.45, 7) is 10.1. The van der Waals surface area contributed by atoms with E-state index < -0.39 is 0 Å². The predicted octanol–water partition coefficient (Wildman–Crippen LogP) is 5.37. The Labute approximate surface area is 170 Å². The van der Waals surface area contributed by atoms with Crippen molar-refractivity contribution in [1.82, 2.24) is 9.55 Å². The third-order valence-electron chi connectivity index (χ3n) is 4.46. The highest BCUT2D eigenvalue weighted by atomic mass is 16.3. The largest absolute Gasteiger partial charge is 0.513 e. The quantitative estimate of drug-likeness (QED) is 0.536. The molecular weight excluding hydrogens is 350 g/mol. The lowest BCUT2D eigenvalue weighted by molar-refractivity contribution is 0.302. The zero-order valence-electron chi connectivity index (χ0n) is 18.4. The fourth-order valence-electron chi connectivity index (χ4n) is 3.18. The smallest absolute Gasteiger partial charge is 0.109 e. The molecule has 0 atom stereocenters. The maximum absolute atomic E-state index is 9.74. The molecule has 0 fully saturated rings. The number of hydrogen-bond donors (Lipinski definition) is 2. The molecule has 1 heterocycles. The van der Waals surface area contributed by atoms with Crippen LogP contribution in [-0.4, -0.2) is 39.5 Å². The topological polar surface area (TPSA) is 61.5 Å². The molecule has 0 bridgehead atoms. The number of hydrogen-bond acceptors (Lipinski definition) is 4. The van der Waals surface area contributed by atoms with Gasteiger partial charge >= 0.3 is 0 Å². The van der Waals surface area contributed by atoms with E-state index in [1.165, 1.54) is 6.42 Å². The summed E-state index contributed by atoms with van der Waals surface area (Å²) < 4.78 is 2.13. The fraction of sp³-hybridized carbons (Fsp3) is 0.609. The zero-order valence-corrected chi connectivity index (χ0v) is 18.4. The standard InChI is InChI=1S/C20H31N3O2.C3H8/c1-4-7-17(25)8-6-9-20-21-18-15-16(10-11-19(18)22(20)3)23(12-5-2)13-14-24;1-3-2/h7,10-11,15,24-25H,4-6,8-9,12-14H2,1-3H3;3H2,1-2H3/b17-7-;. The van der Waals surface area contributed by atoms with Crippen LogP contribution in [0.25, 0.3) is 11.0 Å². The van der Waals surface area contributed by atoms with Crippen LogP contribution in [0.5, 0.6) is 0 Å². The number of fused-ring (bicyclic) bond motifs is 1. The number of aryl methyl sites for hydroxylation is 2. The molecule has 0 saturated carbocycles. The molecule has 5 nitrogen and oxygen atoms in total. The highest BCUT2D eigenvalue weighted by molar-refractivity contribution is 5.80. The fourth-order valence-corrected chi connectivity index (χ4v) is 3.18. The van der Waals surface area contributed by atoms with Gasteiger partial charge in [-0.2, -0.15) is 0 Å². The summed E-state index contributed by atoms with van der Waals surface area (Å²) >= 11 is 0. The SMILES string of the molecule is CC/C=C(\O)CCCc1nc2cc(N(CCC)CCO)ccc2n1C.CCC. The number of nitrogens with zero attached hydrogens (tertiary/aromatic N) is 3. The average molecular weight is 390 g/mol. The predicted molar refractivity (Wildman–Crippen MR) is 120 cm³/mol. The van der Waals surface area contributed by atoms with Crippen LogP contribution in [0.4, 0.5) is 5.69 Å². The Hall–Kier alpha value is -2.01. The van der Waals surface area contributed by atoms with E-state index in [9.17, 15) is 10.2 Å². The molecule has 2 N–H and O–H groups in total. The van der Waals surface area contributed by atoms with Crippen LogP contribution in [0.1, 0.15) is 65.6 Å². The number of aliphatic hydroxyl groups excluding tert-OH is 2. The molecule has 28 heavy (non-hydrogen) atoms. The van der Waals surface area contributed by atoms with Gasteiger partial charge in [0.1, 0.15) is 5.82 Å². The minimum Gasteiger partial charge on any atom is -0.513 e. The lowest BCUT2D eigenvalue weighted by Crippen LogP contribution is -2.27. The van der Waals surface area contributed by atoms with Crippen LogP contribution < -0.4 is 4.90 Å². The van der Waals surface area contributed by atoms with Gasteiger partial charge in [-0.1, -0.05) is 34.1 Å². The summed E-state index contributed by atoms with van der Waals surface area (Å²) in [5, 5.41) is 19.0. The monoisotopic (exact) mass is 389 g/mol. The van der Waals surface area contributed by atoms with E-state index >= 15 is 0 Å². The third-order valence-corrected chi connectivity index (χ3v) is 4.46. The molecule has 0 aliphatic rings. The van der Waals surface area contributed by atoms with E-state index in [0.717, 1.165) is 54.8 Å². The Morgan fingerprint density at radius 3 is 2.50 bits per heavy atom. The van der Waals surface area contributed by atoms with E-state index in [1.807, 2.05) is 20.0 Å². The Morgan fingerprint density at radius 1 is 1.18 bits per heavy atom. The van der Waals surface area contributed by atoms with Gasteiger partial charge in [0.25, 0.3) is 0 Å². The van der Waals surface area contributed by atoms with Gasteiger partial charge in [-0.15, -0.1) is 0 Å². The van der Waals surface area contributed by atoms with Crippen LogP contribution in [0.3, 0.4) is 0 Å². The van der Waals surface area contributed by atoms with Crippen molar-refractivity contribution in [3.63, 3.8) is 0 Å². The van der Waals surface area contributed by atoms with Crippen LogP contribution in [0.2, 0.25) is 0 Å². The molecule has 5 heteroatoms. The number of anilines is 1. The van der Waals surface area contributed by atoms with Gasteiger partial charge in [0.05, 0.1) is 23.4 Å². The lowest BCUT2D eigenvalue weighted by atomic mass is 10.2. The Morgan fingerprint density at radius 2 is 1.89 bits per heavy atom. The van der Waals surface area contributed by atoms with Crippen molar-refractivity contribution < 1.29 is 10.2 Å². The van der Waals surface area contributed by atoms with Gasteiger partial charge in [0.2, 0.25) is 0 Å². The maximum Gasteiger partial charge on any atom is 0.109 e. The van der Waals surface area contributed by atoms with Crippen LogP contribution in [-0.2, 0) is 13.5 Å². The molecule has 0 saturated heterocycles. The number of aromatic nitrogens is 2. The van der Waals surface area contributed by atoms with Crippen molar-refractivity contribution in [2.75, 3.05) is 24.6 Å². The van der Waals surface area contributed by atoms with Crippen LogP contribution in [0.15, 0.2) is 30.0 Å². The Kier molecular flexibility index (Phi) is 11.3. The third kappa shape index (κ3) is 7.19. The van der Waals surface area contributed by atoms with Gasteiger partial charge in [-0.25, -0.2) is 4.98 Å². The molecule has 0 unspecified atom stereocenters. The summed E-state index contributed by atoms with van der Waals surface area (Å²) in [6.07, 6.45) is 7.45. The van der Waals surface area contributed by atoms with E-state index in [1.54, 1.807) is 0 Å². The van der Waals surface area contributed by atoms with Gasteiger partial charge in [-0.3, -0.25) is 0 Å². The molecule has 0 amide bonds. The number of aliphatic hydroxyl groups is 2. The van der Waals surface area contributed by atoms with E-state index in [4.69, 9.17) is 4.98 Å². The minimum atomic E-state index is 0.153. The van der Waals surface area contributed by atoms with E-state index in [-0.39, 0.29) is 6.61 Å². The van der Waals surface area contributed by atoms with Crippen molar-refractivity contribution in [2.24, 2.45) is 7.05 Å². The summed E-state index contributed by atoms with van der Waals surface area (Å²) in [5.41, 5.74) is 3.21. The molecule has 0 spiro atoms. The number of allylic oxidation sites excluding steroid dienone is 2. The first-order valence-electron chi connectivity index (χ1n) is 10.7. The highest BCUT2D eigenvalue weighted by Crippen LogP contribution is 2.23. The first-order valence-corrected chi connectivity index (χ1v) is 10.7. The Balaban J connectivity index is 0.00000122. The van der Waals surface area contributed by atoms with Crippen molar-refractivity contribution in [1.29, 1.82) is 0 Å². The van der Waals surface area contributed by atoms with Crippen molar-refractivity contribution in [3.8, 4) is 0 Å². The minimum absolute atomic E-state index is 0.153. The molecule has 1 aromatic heterocycles. The average Bonchev–Trinajstić information content (AvgIpc) is 2.98. The number of benzene rings is 1. The Bertz CT molecular complexity index is 716. The van der Waals surface area contributed by atoms with Crippen molar-refractivity contribution in [3.05, 3.63) is 35.9 Å². The van der Waals surface area contributed by atoms with Gasteiger partial charge < -0.3 is 19.7 Å². The summed E-state index contributed by atoms with van der Waals surface area (Å²) in [6, 6.07) is 6.32. The molecule has 1 aromatic carbocycles. The van der Waals surface area contributed by atoms with E-state index in [0.29, 0.717) is 18.7 Å². The first kappa shape index (κ1) is 24.0. The molecule has 2 rings (SSSR count). The first-order chi connectivity index (χ1) is 13.5. The molecule has 0 aliphatic heterocycles. The van der Waals surface area contributed by atoms with Gasteiger partial charge in [0.15, 0.2) is 0 Å². The molecule has 0 aliphatic carbocycles. The molecule has 0 radical (unpaired) electrons. The normalized spacial score (nSPS) is 11.4. The molecule has 158 valence electrons. The van der Waals surface area contributed by atoms with Gasteiger partial charge in [0, 0.05) is 38.7 Å². The maximum atomic E-state index is 9.74. The number of imidazole rings is 1. The second-order valence-electron chi connectivity index (χ2n) is 7.14. The highest BCUT2D eigenvalue weighted by Gasteiger charge is 2.11. The summed E-state index contributed by atoms with van der Waals surface area (Å²) in [7, 11) is 2.05. The lowest BCUT2D eigenvalue weighted by Gasteiger charge is -2.23. The summed E-state index contributed by atoms with van der Waals surface area (Å²) in [4.78, 5) is 6.99. The zero-order chi connectivity index (χ0) is 20.9. The summed E-state index contributed by atoms with van der Waals surface area (Å²) in [5.74, 6) is 1.52. The molecular formula is C23H39N3O2. The van der Waals surface area contributed by atoms with E-state index in [2.05, 4.69) is 48.4 Å².